The molecule has 0 aliphatic heterocycles. The summed E-state index contributed by atoms with van der Waals surface area (Å²) in [5.74, 6) is 0.0427. The zero-order chi connectivity index (χ0) is 21.4. The van der Waals surface area contributed by atoms with E-state index in [4.69, 9.17) is 27.9 Å². The van der Waals surface area contributed by atoms with Gasteiger partial charge in [-0.2, -0.15) is 0 Å². The van der Waals surface area contributed by atoms with Gasteiger partial charge in [-0.15, -0.1) is 0 Å². The summed E-state index contributed by atoms with van der Waals surface area (Å²) in [7, 11) is 0. The van der Waals surface area contributed by atoms with Crippen LogP contribution in [0.15, 0.2) is 46.9 Å². The fourth-order valence-corrected chi connectivity index (χ4v) is 3.16. The van der Waals surface area contributed by atoms with Crippen molar-refractivity contribution < 1.29 is 14.3 Å². The molecule has 0 saturated heterocycles. The number of amides is 2. The van der Waals surface area contributed by atoms with Gasteiger partial charge in [0.1, 0.15) is 11.8 Å². The molecule has 0 bridgehead atoms. The van der Waals surface area contributed by atoms with Crippen molar-refractivity contribution in [2.75, 3.05) is 13.2 Å². The maximum absolute atomic E-state index is 12.9. The Morgan fingerprint density at radius 3 is 2.45 bits per heavy atom. The van der Waals surface area contributed by atoms with Crippen LogP contribution in [0, 0.1) is 0 Å². The van der Waals surface area contributed by atoms with Crippen LogP contribution >= 0.6 is 39.1 Å². The minimum absolute atomic E-state index is 0.186. The molecule has 2 aromatic rings. The first kappa shape index (κ1) is 23.5. The lowest BCUT2D eigenvalue weighted by molar-refractivity contribution is -0.142. The van der Waals surface area contributed by atoms with E-state index < -0.39 is 6.04 Å². The van der Waals surface area contributed by atoms with Crippen molar-refractivity contribution in [1.82, 2.24) is 10.2 Å². The molecule has 2 amide bonds. The molecule has 0 saturated carbocycles. The van der Waals surface area contributed by atoms with E-state index in [1.54, 1.807) is 37.3 Å². The third kappa shape index (κ3) is 7.21. The fourth-order valence-electron chi connectivity index (χ4n) is 2.57. The Morgan fingerprint density at radius 2 is 1.83 bits per heavy atom. The monoisotopic (exact) mass is 500 g/mol. The quantitative estimate of drug-likeness (QED) is 0.521. The number of nitrogens with zero attached hydrogens (tertiary/aromatic N) is 1. The molecular formula is C21H23BrCl2N2O3. The van der Waals surface area contributed by atoms with E-state index in [1.165, 1.54) is 4.90 Å². The molecule has 5 nitrogen and oxygen atoms in total. The van der Waals surface area contributed by atoms with Gasteiger partial charge in [-0.05, 0) is 55.3 Å². The summed E-state index contributed by atoms with van der Waals surface area (Å²) in [6.07, 6.45) is 0.811. The molecule has 0 aromatic heterocycles. The number of halogens is 3. The SMILES string of the molecule is CCCNC(=O)[C@@H](C)N(Cc1ccc(Cl)c(Cl)c1)C(=O)COc1ccc(Br)cc1. The molecule has 0 unspecified atom stereocenters. The number of hydrogen-bond acceptors (Lipinski definition) is 3. The Balaban J connectivity index is 2.15. The Bertz CT molecular complexity index is 846. The Labute approximate surface area is 189 Å². The zero-order valence-corrected chi connectivity index (χ0v) is 19.4. The maximum Gasteiger partial charge on any atom is 0.261 e. The van der Waals surface area contributed by atoms with Crippen LogP contribution in [0.4, 0.5) is 0 Å². The highest BCUT2D eigenvalue weighted by atomic mass is 79.9. The van der Waals surface area contributed by atoms with E-state index >= 15 is 0 Å². The lowest BCUT2D eigenvalue weighted by Crippen LogP contribution is -2.49. The van der Waals surface area contributed by atoms with Gasteiger partial charge in [0.05, 0.1) is 10.0 Å². The molecule has 2 rings (SSSR count). The number of nitrogens with one attached hydrogen (secondary N) is 1. The third-order valence-corrected chi connectivity index (χ3v) is 5.50. The summed E-state index contributed by atoms with van der Waals surface area (Å²) in [6, 6.07) is 11.6. The number of carbonyl (C=O) groups is 2. The van der Waals surface area contributed by atoms with Gasteiger partial charge in [0, 0.05) is 17.6 Å². The first-order valence-corrected chi connectivity index (χ1v) is 10.8. The van der Waals surface area contributed by atoms with E-state index in [2.05, 4.69) is 21.2 Å². The molecule has 156 valence electrons. The summed E-state index contributed by atoms with van der Waals surface area (Å²) in [5, 5.41) is 3.65. The smallest absolute Gasteiger partial charge is 0.261 e. The number of benzene rings is 2. The maximum atomic E-state index is 12.9. The van der Waals surface area contributed by atoms with Crippen molar-refractivity contribution in [1.29, 1.82) is 0 Å². The van der Waals surface area contributed by atoms with Crippen molar-refractivity contribution in [2.24, 2.45) is 0 Å². The second-order valence-electron chi connectivity index (χ2n) is 6.48. The molecule has 1 N–H and O–H groups in total. The Kier molecular flexibility index (Phi) is 9.27. The van der Waals surface area contributed by atoms with E-state index in [0.717, 1.165) is 16.5 Å². The summed E-state index contributed by atoms with van der Waals surface area (Å²) in [5.41, 5.74) is 0.770. The number of rotatable bonds is 9. The summed E-state index contributed by atoms with van der Waals surface area (Å²) >= 11 is 15.4. The average Bonchev–Trinajstić information content (AvgIpc) is 2.71. The van der Waals surface area contributed by atoms with Gasteiger partial charge in [-0.3, -0.25) is 9.59 Å². The van der Waals surface area contributed by atoms with Crippen LogP contribution < -0.4 is 10.1 Å². The van der Waals surface area contributed by atoms with Crippen LogP contribution in [0.5, 0.6) is 5.75 Å². The van der Waals surface area contributed by atoms with Crippen molar-refractivity contribution in [3.05, 3.63) is 62.5 Å². The molecule has 0 aliphatic carbocycles. The summed E-state index contributed by atoms with van der Waals surface area (Å²) in [4.78, 5) is 26.9. The predicted octanol–water partition coefficient (Wildman–Crippen LogP) is 5.08. The topological polar surface area (TPSA) is 58.6 Å². The van der Waals surface area contributed by atoms with E-state index in [9.17, 15) is 9.59 Å². The lowest BCUT2D eigenvalue weighted by atomic mass is 10.1. The summed E-state index contributed by atoms with van der Waals surface area (Å²) in [6.45, 7) is 4.23. The van der Waals surface area contributed by atoms with Crippen molar-refractivity contribution in [2.45, 2.75) is 32.9 Å². The molecule has 0 aliphatic rings. The summed E-state index contributed by atoms with van der Waals surface area (Å²) < 4.78 is 6.52. The van der Waals surface area contributed by atoms with E-state index in [-0.39, 0.29) is 25.0 Å². The van der Waals surface area contributed by atoms with Gasteiger partial charge in [0.2, 0.25) is 5.91 Å². The van der Waals surface area contributed by atoms with Gasteiger partial charge in [0.25, 0.3) is 5.91 Å². The average molecular weight is 502 g/mol. The van der Waals surface area contributed by atoms with Gasteiger partial charge in [-0.25, -0.2) is 0 Å². The van der Waals surface area contributed by atoms with Gasteiger partial charge < -0.3 is 15.0 Å². The molecule has 2 aromatic carbocycles. The van der Waals surface area contributed by atoms with E-state index in [0.29, 0.717) is 22.3 Å². The zero-order valence-electron chi connectivity index (χ0n) is 16.3. The number of hydrogen-bond donors (Lipinski definition) is 1. The van der Waals surface area contributed by atoms with Crippen LogP contribution in [0.3, 0.4) is 0 Å². The Morgan fingerprint density at radius 1 is 1.14 bits per heavy atom. The predicted molar refractivity (Wildman–Crippen MR) is 119 cm³/mol. The number of carbonyl (C=O) groups excluding carboxylic acids is 2. The van der Waals surface area contributed by atoms with E-state index in [1.807, 2.05) is 19.1 Å². The highest BCUT2D eigenvalue weighted by molar-refractivity contribution is 9.10. The molecule has 0 fully saturated rings. The van der Waals surface area contributed by atoms with Gasteiger partial charge in [-0.1, -0.05) is 52.1 Å². The molecule has 0 radical (unpaired) electrons. The highest BCUT2D eigenvalue weighted by Gasteiger charge is 2.26. The Hall–Kier alpha value is -1.76. The van der Waals surface area contributed by atoms with Crippen LogP contribution in [0.25, 0.3) is 0 Å². The lowest BCUT2D eigenvalue weighted by Gasteiger charge is -2.28. The highest BCUT2D eigenvalue weighted by Crippen LogP contribution is 2.24. The second kappa shape index (κ2) is 11.4. The first-order valence-electron chi connectivity index (χ1n) is 9.21. The minimum Gasteiger partial charge on any atom is -0.484 e. The molecule has 0 spiro atoms. The molecule has 0 heterocycles. The van der Waals surface area contributed by atoms with Crippen LogP contribution in [0.1, 0.15) is 25.8 Å². The van der Waals surface area contributed by atoms with Crippen molar-refractivity contribution >= 4 is 50.9 Å². The molecule has 1 atom stereocenters. The molecule has 29 heavy (non-hydrogen) atoms. The van der Waals surface area contributed by atoms with Crippen LogP contribution in [-0.4, -0.2) is 35.9 Å². The van der Waals surface area contributed by atoms with Crippen LogP contribution in [0.2, 0.25) is 10.0 Å². The minimum atomic E-state index is -0.669. The van der Waals surface area contributed by atoms with Crippen molar-refractivity contribution in [3.63, 3.8) is 0 Å². The first-order chi connectivity index (χ1) is 13.8. The molecular weight excluding hydrogens is 479 g/mol. The standard InChI is InChI=1S/C21H23BrCl2N2O3/c1-3-10-25-21(28)14(2)26(12-15-4-9-18(23)19(24)11-15)20(27)13-29-17-7-5-16(22)6-8-17/h4-9,11,14H,3,10,12-13H2,1-2H3,(H,25,28)/t14-/m1/s1. The van der Waals surface area contributed by atoms with Crippen LogP contribution in [-0.2, 0) is 16.1 Å². The van der Waals surface area contributed by atoms with Gasteiger partial charge >= 0.3 is 0 Å². The second-order valence-corrected chi connectivity index (χ2v) is 8.21. The normalized spacial score (nSPS) is 11.6. The third-order valence-electron chi connectivity index (χ3n) is 4.23. The van der Waals surface area contributed by atoms with Crippen molar-refractivity contribution in [3.8, 4) is 5.75 Å². The fraction of sp³-hybridized carbons (Fsp3) is 0.333. The van der Waals surface area contributed by atoms with Gasteiger partial charge in [0.15, 0.2) is 6.61 Å². The largest absolute Gasteiger partial charge is 0.484 e. The number of ether oxygens (including phenoxy) is 1. The molecule has 8 heteroatoms.